The molecule has 0 saturated heterocycles. The maximum atomic E-state index is 13.8. The van der Waals surface area contributed by atoms with Gasteiger partial charge in [-0.15, -0.1) is 0 Å². The van der Waals surface area contributed by atoms with Gasteiger partial charge in [0.05, 0.1) is 23.0 Å². The third-order valence-electron chi connectivity index (χ3n) is 7.07. The van der Waals surface area contributed by atoms with Crippen LogP contribution in [-0.2, 0) is 10.0 Å². The average molecular weight is 639 g/mol. The Bertz CT molecular complexity index is 1870. The number of benzene rings is 3. The van der Waals surface area contributed by atoms with Crippen LogP contribution in [0.25, 0.3) is 21.8 Å². The number of aromatic nitrogens is 2. The Balaban J connectivity index is 1.33. The molecule has 2 aromatic heterocycles. The zero-order chi connectivity index (χ0) is 30.6. The van der Waals surface area contributed by atoms with Crippen molar-refractivity contribution in [3.05, 3.63) is 94.2 Å². The van der Waals surface area contributed by atoms with E-state index in [9.17, 15) is 8.42 Å². The summed E-state index contributed by atoms with van der Waals surface area (Å²) in [6.07, 6.45) is 0.575. The van der Waals surface area contributed by atoms with Crippen molar-refractivity contribution in [2.75, 3.05) is 43.9 Å². The van der Waals surface area contributed by atoms with E-state index in [1.54, 1.807) is 31.4 Å². The highest BCUT2D eigenvalue weighted by Crippen LogP contribution is 2.28. The minimum absolute atomic E-state index is 0.212. The van der Waals surface area contributed by atoms with Crippen molar-refractivity contribution >= 4 is 66.4 Å². The Morgan fingerprint density at radius 3 is 1.81 bits per heavy atom. The third kappa shape index (κ3) is 7.30. The lowest BCUT2D eigenvalue weighted by Gasteiger charge is -2.23. The van der Waals surface area contributed by atoms with Gasteiger partial charge in [-0.2, -0.15) is 4.31 Å². The van der Waals surface area contributed by atoms with Crippen molar-refractivity contribution in [2.24, 2.45) is 0 Å². The Labute approximate surface area is 262 Å². The molecule has 0 fully saturated rings. The Morgan fingerprint density at radius 2 is 1.28 bits per heavy atom. The summed E-state index contributed by atoms with van der Waals surface area (Å²) < 4.78 is 34.3. The van der Waals surface area contributed by atoms with Crippen LogP contribution < -0.4 is 15.4 Å². The van der Waals surface area contributed by atoms with Crippen LogP contribution >= 0.6 is 23.2 Å². The smallest absolute Gasteiger partial charge is 0.243 e. The molecule has 3 aromatic carbocycles. The van der Waals surface area contributed by atoms with Crippen LogP contribution in [0.4, 0.5) is 11.4 Å². The predicted octanol–water partition coefficient (Wildman–Crippen LogP) is 7.32. The maximum Gasteiger partial charge on any atom is 0.243 e. The van der Waals surface area contributed by atoms with Crippen molar-refractivity contribution in [1.29, 1.82) is 0 Å². The highest BCUT2D eigenvalue weighted by Gasteiger charge is 2.24. The highest BCUT2D eigenvalue weighted by molar-refractivity contribution is 7.89. The molecule has 0 atom stereocenters. The van der Waals surface area contributed by atoms with Crippen LogP contribution in [0.2, 0.25) is 10.0 Å². The normalized spacial score (nSPS) is 11.8. The van der Waals surface area contributed by atoms with Crippen molar-refractivity contribution in [1.82, 2.24) is 14.3 Å². The number of ether oxygens (including phenoxy) is 1. The minimum Gasteiger partial charge on any atom is -0.497 e. The van der Waals surface area contributed by atoms with E-state index in [-0.39, 0.29) is 11.4 Å². The van der Waals surface area contributed by atoms with E-state index in [1.807, 2.05) is 62.4 Å². The van der Waals surface area contributed by atoms with E-state index in [0.29, 0.717) is 41.8 Å². The van der Waals surface area contributed by atoms with Crippen molar-refractivity contribution < 1.29 is 13.2 Å². The van der Waals surface area contributed by atoms with Gasteiger partial charge >= 0.3 is 0 Å². The Morgan fingerprint density at radius 1 is 0.744 bits per heavy atom. The SMILES string of the molecule is COc1ccc(S(=O)(=O)N(CCCNc2cc(C)nc3ccc(Cl)cc23)CCNc2cc(C)nc3ccc(Cl)cc23)cc1. The van der Waals surface area contributed by atoms with Crippen molar-refractivity contribution in [3.8, 4) is 5.75 Å². The van der Waals surface area contributed by atoms with Crippen LogP contribution in [0, 0.1) is 13.8 Å². The van der Waals surface area contributed by atoms with E-state index >= 15 is 0 Å². The molecule has 0 amide bonds. The summed E-state index contributed by atoms with van der Waals surface area (Å²) >= 11 is 12.5. The summed E-state index contributed by atoms with van der Waals surface area (Å²) in [4.78, 5) is 9.38. The molecule has 0 bridgehead atoms. The largest absolute Gasteiger partial charge is 0.497 e. The van der Waals surface area contributed by atoms with Crippen LogP contribution in [0.5, 0.6) is 5.75 Å². The summed E-state index contributed by atoms with van der Waals surface area (Å²) in [6.45, 7) is 5.38. The number of methoxy groups -OCH3 is 1. The lowest BCUT2D eigenvalue weighted by atomic mass is 10.1. The molecule has 11 heteroatoms. The lowest BCUT2D eigenvalue weighted by molar-refractivity contribution is 0.412. The quantitative estimate of drug-likeness (QED) is 0.138. The van der Waals surface area contributed by atoms with E-state index < -0.39 is 10.0 Å². The predicted molar refractivity (Wildman–Crippen MR) is 176 cm³/mol. The third-order valence-corrected chi connectivity index (χ3v) is 9.45. The van der Waals surface area contributed by atoms with Gasteiger partial charge in [-0.3, -0.25) is 9.97 Å². The molecule has 0 unspecified atom stereocenters. The summed E-state index contributed by atoms with van der Waals surface area (Å²) in [5.41, 5.74) is 5.17. The number of hydrogen-bond acceptors (Lipinski definition) is 7. The first-order valence-corrected chi connectivity index (χ1v) is 16.1. The molecule has 0 radical (unpaired) electrons. The molecule has 5 rings (SSSR count). The number of sulfonamides is 1. The molecule has 0 aliphatic carbocycles. The zero-order valence-corrected chi connectivity index (χ0v) is 26.5. The van der Waals surface area contributed by atoms with Crippen molar-refractivity contribution in [2.45, 2.75) is 25.2 Å². The van der Waals surface area contributed by atoms with Crippen LogP contribution in [0.1, 0.15) is 17.8 Å². The molecule has 0 saturated carbocycles. The first kappa shape index (κ1) is 30.8. The highest BCUT2D eigenvalue weighted by atomic mass is 35.5. The van der Waals surface area contributed by atoms with Gasteiger partial charge in [-0.1, -0.05) is 23.2 Å². The fourth-order valence-corrected chi connectivity index (χ4v) is 6.82. The van der Waals surface area contributed by atoms with Gasteiger partial charge in [0, 0.05) is 69.8 Å². The Kier molecular flexibility index (Phi) is 9.56. The van der Waals surface area contributed by atoms with Crippen LogP contribution in [-0.4, -0.2) is 56.0 Å². The van der Waals surface area contributed by atoms with Gasteiger partial charge in [0.2, 0.25) is 10.0 Å². The number of nitrogens with zero attached hydrogens (tertiary/aromatic N) is 3. The molecule has 43 heavy (non-hydrogen) atoms. The second kappa shape index (κ2) is 13.3. The molecule has 0 aliphatic heterocycles. The van der Waals surface area contributed by atoms with E-state index in [0.717, 1.165) is 44.6 Å². The van der Waals surface area contributed by atoms with Gasteiger partial charge in [0.1, 0.15) is 5.75 Å². The van der Waals surface area contributed by atoms with Crippen LogP contribution in [0.15, 0.2) is 77.7 Å². The standard InChI is InChI=1S/C32H33Cl2N5O3S/c1-21-17-31(27-19-23(33)5-11-29(27)37-21)35-13-4-15-39(43(40,41)26-9-7-25(42-3)8-10-26)16-14-36-32-18-22(2)38-30-12-6-24(34)20-28(30)32/h5-12,17-20H,4,13-16H2,1-3H3,(H,35,37)(H,36,38). The van der Waals surface area contributed by atoms with Crippen molar-refractivity contribution in [3.63, 3.8) is 0 Å². The van der Waals surface area contributed by atoms with E-state index in [1.165, 1.54) is 4.31 Å². The number of nitrogens with one attached hydrogen (secondary N) is 2. The molecule has 224 valence electrons. The molecular weight excluding hydrogens is 605 g/mol. The fourth-order valence-electron chi connectivity index (χ4n) is 5.00. The second-order valence-corrected chi connectivity index (χ2v) is 13.0. The zero-order valence-electron chi connectivity index (χ0n) is 24.2. The molecule has 8 nitrogen and oxygen atoms in total. The monoisotopic (exact) mass is 637 g/mol. The second-order valence-electron chi connectivity index (χ2n) is 10.2. The summed E-state index contributed by atoms with van der Waals surface area (Å²) in [6, 6.07) is 21.5. The molecule has 0 spiro atoms. The fraction of sp³-hybridized carbons (Fsp3) is 0.250. The maximum absolute atomic E-state index is 13.8. The molecule has 0 aliphatic rings. The molecule has 2 heterocycles. The van der Waals surface area contributed by atoms with E-state index in [4.69, 9.17) is 27.9 Å². The first-order chi connectivity index (χ1) is 20.6. The number of anilines is 2. The number of fused-ring (bicyclic) bond motifs is 2. The number of aryl methyl sites for hydroxylation is 2. The molecule has 5 aromatic rings. The van der Waals surface area contributed by atoms with Crippen LogP contribution in [0.3, 0.4) is 0 Å². The van der Waals surface area contributed by atoms with Gasteiger partial charge in [-0.25, -0.2) is 8.42 Å². The average Bonchev–Trinajstić information content (AvgIpc) is 2.98. The summed E-state index contributed by atoms with van der Waals surface area (Å²) in [7, 11) is -2.23. The van der Waals surface area contributed by atoms with Gasteiger partial charge in [0.25, 0.3) is 0 Å². The van der Waals surface area contributed by atoms with E-state index in [2.05, 4.69) is 20.6 Å². The molecular formula is C32H33Cl2N5O3S. The summed E-state index contributed by atoms with van der Waals surface area (Å²) in [5, 5.41) is 9.92. The van der Waals surface area contributed by atoms with Gasteiger partial charge in [-0.05, 0) is 93.1 Å². The topological polar surface area (TPSA) is 96.5 Å². The van der Waals surface area contributed by atoms with Gasteiger partial charge in [0.15, 0.2) is 0 Å². The first-order valence-electron chi connectivity index (χ1n) is 13.9. The number of rotatable bonds is 12. The van der Waals surface area contributed by atoms with Gasteiger partial charge < -0.3 is 15.4 Å². The Hall–Kier alpha value is -3.63. The number of halogens is 2. The number of pyridine rings is 2. The summed E-state index contributed by atoms with van der Waals surface area (Å²) in [5.74, 6) is 0.593. The lowest BCUT2D eigenvalue weighted by Crippen LogP contribution is -2.36. The minimum atomic E-state index is -3.78. The molecule has 2 N–H and O–H groups in total. The number of hydrogen-bond donors (Lipinski definition) is 2.